The summed E-state index contributed by atoms with van der Waals surface area (Å²) >= 11 is 0. The van der Waals surface area contributed by atoms with Crippen LogP contribution in [0.3, 0.4) is 0 Å². The van der Waals surface area contributed by atoms with Gasteiger partial charge in [-0.15, -0.1) is 0 Å². The third-order valence-corrected chi connectivity index (χ3v) is 6.88. The minimum atomic E-state index is -5.29. The summed E-state index contributed by atoms with van der Waals surface area (Å²) in [5.41, 5.74) is 1.09. The molecule has 4 rings (SSSR count). The number of alkyl halides is 3. The van der Waals surface area contributed by atoms with Crippen molar-refractivity contribution >= 4 is 5.91 Å². The highest BCUT2D eigenvalue weighted by Crippen LogP contribution is 2.45. The number of nitrogens with one attached hydrogen (secondary N) is 1. The lowest BCUT2D eigenvalue weighted by atomic mass is 9.84. The Morgan fingerprint density at radius 1 is 1.19 bits per heavy atom. The molecule has 226 valence electrons. The number of halogens is 4. The number of carbonyl (C=O) groups excluding carboxylic acids is 1. The predicted octanol–water partition coefficient (Wildman–Crippen LogP) is 3.79. The van der Waals surface area contributed by atoms with Gasteiger partial charge in [-0.2, -0.15) is 13.2 Å². The molecule has 0 fully saturated rings. The van der Waals surface area contributed by atoms with E-state index in [-0.39, 0.29) is 59.3 Å². The molecule has 2 heterocycles. The number of nitrogens with two attached hydrogens (primary N) is 1. The highest BCUT2D eigenvalue weighted by atomic mass is 19.4. The lowest BCUT2D eigenvalue weighted by molar-refractivity contribution is -0.265. The minimum Gasteiger partial charge on any atom is -0.493 e. The molecule has 3 atom stereocenters. The lowest BCUT2D eigenvalue weighted by Gasteiger charge is -2.36. The number of fused-ring (bicyclic) bond motifs is 1. The van der Waals surface area contributed by atoms with Crippen molar-refractivity contribution in [1.29, 1.82) is 0 Å². The molecule has 0 saturated carbocycles. The summed E-state index contributed by atoms with van der Waals surface area (Å²) in [6.45, 7) is 1.94. The van der Waals surface area contributed by atoms with Crippen molar-refractivity contribution in [3.63, 3.8) is 0 Å². The summed E-state index contributed by atoms with van der Waals surface area (Å²) in [6, 6.07) is 9.82. The Morgan fingerprint density at radius 2 is 1.88 bits per heavy atom. The number of aliphatic hydroxyl groups excluding tert-OH is 1. The Labute approximate surface area is 239 Å². The van der Waals surface area contributed by atoms with Crippen LogP contribution in [0.15, 0.2) is 48.5 Å². The molecule has 1 amide bonds. The molecule has 0 spiro atoms. The first-order valence-electron chi connectivity index (χ1n) is 13.0. The lowest BCUT2D eigenvalue weighted by Crippen LogP contribution is -2.52. The standard InChI is InChI=1S/C29H31F4N3O6/c1-16(37)14-42-21-9-6-18(12-22(21)40-3)26(38)35-15-28(39,29(31,32)33)23-13-20-25(41-11-10-27(20,2)34)24(36-23)17-4-7-19(30)8-5-17/h4-9,12-13,16,37,39H,10-11,14-15,34H2,1-3H3,(H,35,38)/t16-,27+,28-/m1/s1. The van der Waals surface area contributed by atoms with E-state index in [0.29, 0.717) is 0 Å². The van der Waals surface area contributed by atoms with E-state index in [1.165, 1.54) is 44.4 Å². The van der Waals surface area contributed by atoms with Crippen LogP contribution in [0.2, 0.25) is 0 Å². The van der Waals surface area contributed by atoms with Crippen molar-refractivity contribution in [2.75, 3.05) is 26.9 Å². The molecule has 0 aliphatic carbocycles. The first-order chi connectivity index (χ1) is 19.7. The van der Waals surface area contributed by atoms with E-state index < -0.39 is 47.4 Å². The predicted molar refractivity (Wildman–Crippen MR) is 144 cm³/mol. The maximum atomic E-state index is 14.6. The molecule has 42 heavy (non-hydrogen) atoms. The molecule has 3 aromatic rings. The third kappa shape index (κ3) is 6.27. The second-order valence-corrected chi connectivity index (χ2v) is 10.3. The highest BCUT2D eigenvalue weighted by Gasteiger charge is 2.57. The molecule has 0 saturated heterocycles. The van der Waals surface area contributed by atoms with Gasteiger partial charge < -0.3 is 35.5 Å². The maximum absolute atomic E-state index is 14.6. The van der Waals surface area contributed by atoms with Crippen molar-refractivity contribution in [3.05, 3.63) is 71.2 Å². The van der Waals surface area contributed by atoms with E-state index >= 15 is 0 Å². The summed E-state index contributed by atoms with van der Waals surface area (Å²) in [7, 11) is 1.31. The van der Waals surface area contributed by atoms with Gasteiger partial charge in [0.1, 0.15) is 18.1 Å². The normalized spacial score (nSPS) is 18.7. The van der Waals surface area contributed by atoms with E-state index in [2.05, 4.69) is 10.3 Å². The van der Waals surface area contributed by atoms with Gasteiger partial charge in [-0.05, 0) is 62.4 Å². The number of hydrogen-bond acceptors (Lipinski definition) is 8. The van der Waals surface area contributed by atoms with Crippen LogP contribution in [-0.4, -0.2) is 60.3 Å². The highest BCUT2D eigenvalue weighted by molar-refractivity contribution is 5.95. The van der Waals surface area contributed by atoms with Gasteiger partial charge in [0.15, 0.2) is 17.2 Å². The van der Waals surface area contributed by atoms with Crippen molar-refractivity contribution in [2.45, 2.75) is 43.7 Å². The van der Waals surface area contributed by atoms with Crippen molar-refractivity contribution < 1.29 is 46.8 Å². The zero-order valence-electron chi connectivity index (χ0n) is 23.1. The fourth-order valence-corrected chi connectivity index (χ4v) is 4.40. The molecule has 0 radical (unpaired) electrons. The molecule has 2 aromatic carbocycles. The number of nitrogens with zero attached hydrogens (tertiary/aromatic N) is 1. The number of benzene rings is 2. The topological polar surface area (TPSA) is 136 Å². The molecule has 5 N–H and O–H groups in total. The third-order valence-electron chi connectivity index (χ3n) is 6.88. The van der Waals surface area contributed by atoms with Crippen LogP contribution >= 0.6 is 0 Å². The molecule has 0 bridgehead atoms. The van der Waals surface area contributed by atoms with Gasteiger partial charge in [0.05, 0.1) is 32.1 Å². The van der Waals surface area contributed by atoms with Gasteiger partial charge in [-0.1, -0.05) is 0 Å². The van der Waals surface area contributed by atoms with Crippen LogP contribution in [0.1, 0.15) is 41.9 Å². The number of carbonyl (C=O) groups is 1. The van der Waals surface area contributed by atoms with Crippen LogP contribution in [0, 0.1) is 5.82 Å². The Kier molecular flexibility index (Phi) is 8.67. The quantitative estimate of drug-likeness (QED) is 0.275. The van der Waals surface area contributed by atoms with E-state index in [4.69, 9.17) is 19.9 Å². The fourth-order valence-electron chi connectivity index (χ4n) is 4.40. The number of pyridine rings is 1. The Hall–Kier alpha value is -3.94. The maximum Gasteiger partial charge on any atom is 0.424 e. The first-order valence-corrected chi connectivity index (χ1v) is 13.0. The molecule has 1 aliphatic rings. The summed E-state index contributed by atoms with van der Waals surface area (Å²) < 4.78 is 73.7. The largest absolute Gasteiger partial charge is 0.493 e. The van der Waals surface area contributed by atoms with Gasteiger partial charge >= 0.3 is 6.18 Å². The zero-order valence-corrected chi connectivity index (χ0v) is 23.1. The first kappa shape index (κ1) is 31.0. The number of hydrogen-bond donors (Lipinski definition) is 4. The van der Waals surface area contributed by atoms with E-state index in [1.807, 2.05) is 0 Å². The molecule has 1 aliphatic heterocycles. The number of aliphatic hydroxyl groups is 2. The van der Waals surface area contributed by atoms with Crippen LogP contribution < -0.4 is 25.3 Å². The summed E-state index contributed by atoms with van der Waals surface area (Å²) in [6.07, 6.45) is -5.80. The number of amides is 1. The van der Waals surface area contributed by atoms with Crippen LogP contribution in [-0.2, 0) is 11.1 Å². The Morgan fingerprint density at radius 3 is 2.50 bits per heavy atom. The monoisotopic (exact) mass is 593 g/mol. The van der Waals surface area contributed by atoms with E-state index in [0.717, 1.165) is 18.2 Å². The van der Waals surface area contributed by atoms with Gasteiger partial charge in [0.25, 0.3) is 5.91 Å². The summed E-state index contributed by atoms with van der Waals surface area (Å²) in [5.74, 6) is -1.07. The number of ether oxygens (including phenoxy) is 3. The molecule has 0 unspecified atom stereocenters. The number of rotatable bonds is 9. The molecule has 9 nitrogen and oxygen atoms in total. The molecular weight excluding hydrogens is 562 g/mol. The van der Waals surface area contributed by atoms with Crippen molar-refractivity contribution in [3.8, 4) is 28.5 Å². The SMILES string of the molecule is COc1cc(C(=O)NC[C@@](O)(c2cc3c(c(-c4ccc(F)cc4)n2)OCC[C@]3(C)N)C(F)(F)F)ccc1OC[C@@H](C)O. The molecule has 1 aromatic heterocycles. The smallest absolute Gasteiger partial charge is 0.424 e. The zero-order chi connectivity index (χ0) is 30.9. The van der Waals surface area contributed by atoms with Gasteiger partial charge in [-0.25, -0.2) is 9.37 Å². The second kappa shape index (κ2) is 11.7. The summed E-state index contributed by atoms with van der Waals surface area (Å²) in [5, 5.41) is 22.7. The fraction of sp³-hybridized carbons (Fsp3) is 0.379. The number of aromatic nitrogens is 1. The average molecular weight is 594 g/mol. The van der Waals surface area contributed by atoms with Gasteiger partial charge in [-0.3, -0.25) is 4.79 Å². The summed E-state index contributed by atoms with van der Waals surface area (Å²) in [4.78, 5) is 17.1. The van der Waals surface area contributed by atoms with Crippen LogP contribution in [0.25, 0.3) is 11.3 Å². The minimum absolute atomic E-state index is 0.0545. The molecule has 13 heteroatoms. The molecular formula is C29H31F4N3O6. The van der Waals surface area contributed by atoms with Crippen LogP contribution in [0.5, 0.6) is 17.2 Å². The second-order valence-electron chi connectivity index (χ2n) is 10.3. The number of methoxy groups -OCH3 is 1. The Bertz CT molecular complexity index is 1450. The van der Waals surface area contributed by atoms with Gasteiger partial charge in [0, 0.05) is 28.7 Å². The van der Waals surface area contributed by atoms with Crippen LogP contribution in [0.4, 0.5) is 17.6 Å². The van der Waals surface area contributed by atoms with Gasteiger partial charge in [0.2, 0.25) is 5.60 Å². The van der Waals surface area contributed by atoms with E-state index in [1.54, 1.807) is 6.92 Å². The van der Waals surface area contributed by atoms with Crippen molar-refractivity contribution in [2.24, 2.45) is 5.73 Å². The average Bonchev–Trinajstić information content (AvgIpc) is 2.93. The van der Waals surface area contributed by atoms with Crippen molar-refractivity contribution in [1.82, 2.24) is 10.3 Å². The Balaban J connectivity index is 1.72. The van der Waals surface area contributed by atoms with E-state index in [9.17, 15) is 32.6 Å².